The van der Waals surface area contributed by atoms with Crippen molar-refractivity contribution < 1.29 is 4.79 Å². The van der Waals surface area contributed by atoms with Crippen molar-refractivity contribution in [3.8, 4) is 0 Å². The summed E-state index contributed by atoms with van der Waals surface area (Å²) >= 11 is 6.30. The third-order valence-electron chi connectivity index (χ3n) is 3.93. The summed E-state index contributed by atoms with van der Waals surface area (Å²) < 4.78 is 0. The number of halogens is 1. The molecule has 0 aromatic heterocycles. The quantitative estimate of drug-likeness (QED) is 0.819. The van der Waals surface area contributed by atoms with Crippen LogP contribution in [0, 0.1) is 12.0 Å². The molecule has 117 valence electrons. The third-order valence-corrected chi connectivity index (χ3v) is 4.26. The Bertz CT molecular complexity index is 740. The molecule has 3 rings (SSSR count). The van der Waals surface area contributed by atoms with E-state index in [0.717, 1.165) is 16.8 Å². The Kier molecular flexibility index (Phi) is 4.49. The molecule has 1 radical (unpaired) electrons. The standard InChI is InChI=1S/C19H18ClN2O/c1-13(2)19(23)22-18(14-8-4-3-5-9-14)12-17(21-22)15-10-6-7-11-16(15)20/h3-4,6-11,13,18H,12H2,1-2H3. The van der Waals surface area contributed by atoms with Crippen molar-refractivity contribution in [1.82, 2.24) is 5.01 Å². The second kappa shape index (κ2) is 6.55. The van der Waals surface area contributed by atoms with Crippen LogP contribution in [0.3, 0.4) is 0 Å². The molecule has 23 heavy (non-hydrogen) atoms. The fraction of sp³-hybridized carbons (Fsp3) is 0.263. The number of hydrogen-bond acceptors (Lipinski definition) is 2. The molecule has 1 heterocycles. The average Bonchev–Trinajstić information content (AvgIpc) is 3.00. The number of amides is 1. The number of rotatable bonds is 3. The van der Waals surface area contributed by atoms with Gasteiger partial charge in [0.15, 0.2) is 0 Å². The molecule has 0 N–H and O–H groups in total. The fourth-order valence-electron chi connectivity index (χ4n) is 2.71. The zero-order valence-corrected chi connectivity index (χ0v) is 13.9. The first-order valence-corrected chi connectivity index (χ1v) is 8.07. The van der Waals surface area contributed by atoms with Crippen LogP contribution in [0.15, 0.2) is 53.6 Å². The van der Waals surface area contributed by atoms with E-state index in [1.807, 2.05) is 62.4 Å². The number of hydrazone groups is 1. The lowest BCUT2D eigenvalue weighted by atomic mass is 9.98. The first kappa shape index (κ1) is 15.8. The Morgan fingerprint density at radius 1 is 1.30 bits per heavy atom. The van der Waals surface area contributed by atoms with Gasteiger partial charge in [0.05, 0.1) is 11.8 Å². The van der Waals surface area contributed by atoms with Crippen molar-refractivity contribution in [3.05, 3.63) is 70.7 Å². The highest BCUT2D eigenvalue weighted by molar-refractivity contribution is 6.34. The van der Waals surface area contributed by atoms with Crippen LogP contribution < -0.4 is 0 Å². The molecule has 4 heteroatoms. The number of nitrogens with zero attached hydrogens (tertiary/aromatic N) is 2. The Morgan fingerprint density at radius 2 is 2.09 bits per heavy atom. The van der Waals surface area contributed by atoms with Gasteiger partial charge in [0.2, 0.25) is 5.91 Å². The van der Waals surface area contributed by atoms with Crippen LogP contribution in [0.2, 0.25) is 5.02 Å². The lowest BCUT2D eigenvalue weighted by Gasteiger charge is -2.23. The van der Waals surface area contributed by atoms with Crippen molar-refractivity contribution >= 4 is 23.2 Å². The van der Waals surface area contributed by atoms with Crippen LogP contribution in [0.25, 0.3) is 0 Å². The van der Waals surface area contributed by atoms with Gasteiger partial charge in [-0.2, -0.15) is 5.10 Å². The van der Waals surface area contributed by atoms with E-state index >= 15 is 0 Å². The van der Waals surface area contributed by atoms with Crippen molar-refractivity contribution in [2.24, 2.45) is 11.0 Å². The number of carbonyl (C=O) groups excluding carboxylic acids is 1. The summed E-state index contributed by atoms with van der Waals surface area (Å²) in [5.74, 6) is -0.0968. The summed E-state index contributed by atoms with van der Waals surface area (Å²) in [5, 5.41) is 6.86. The lowest BCUT2D eigenvalue weighted by Crippen LogP contribution is -2.30. The minimum Gasteiger partial charge on any atom is -0.273 e. The molecule has 0 aliphatic carbocycles. The highest BCUT2D eigenvalue weighted by Gasteiger charge is 2.34. The largest absolute Gasteiger partial charge is 0.273 e. The summed E-state index contributed by atoms with van der Waals surface area (Å²) in [7, 11) is 0. The van der Waals surface area contributed by atoms with Gasteiger partial charge in [-0.05, 0) is 23.8 Å². The van der Waals surface area contributed by atoms with Crippen molar-refractivity contribution in [2.75, 3.05) is 0 Å². The van der Waals surface area contributed by atoms with E-state index in [9.17, 15) is 4.79 Å². The maximum atomic E-state index is 12.6. The SMILES string of the molecule is CC(C)C(=O)N1N=C(c2ccccc2Cl)CC1c1c[c]ccc1. The molecule has 0 fully saturated rings. The molecule has 1 aliphatic heterocycles. The van der Waals surface area contributed by atoms with Gasteiger partial charge in [0.25, 0.3) is 0 Å². The van der Waals surface area contributed by atoms with Gasteiger partial charge in [-0.15, -0.1) is 0 Å². The van der Waals surface area contributed by atoms with Crippen molar-refractivity contribution in [2.45, 2.75) is 26.3 Å². The molecule has 2 aromatic rings. The van der Waals surface area contributed by atoms with Gasteiger partial charge in [0, 0.05) is 22.9 Å². The van der Waals surface area contributed by atoms with Crippen molar-refractivity contribution in [3.63, 3.8) is 0 Å². The van der Waals surface area contributed by atoms with Crippen LogP contribution in [0.4, 0.5) is 0 Å². The molecule has 3 nitrogen and oxygen atoms in total. The van der Waals surface area contributed by atoms with Gasteiger partial charge >= 0.3 is 0 Å². The normalized spacial score (nSPS) is 17.5. The van der Waals surface area contributed by atoms with E-state index in [0.29, 0.717) is 11.4 Å². The molecule has 0 spiro atoms. The molecular formula is C19H18ClN2O. The summed E-state index contributed by atoms with van der Waals surface area (Å²) in [4.78, 5) is 12.6. The van der Waals surface area contributed by atoms with Gasteiger partial charge in [0.1, 0.15) is 0 Å². The number of hydrogen-bond donors (Lipinski definition) is 0. The van der Waals surface area contributed by atoms with Crippen LogP contribution in [-0.2, 0) is 4.79 Å². The minimum atomic E-state index is -0.112. The number of benzene rings is 2. The van der Waals surface area contributed by atoms with Crippen LogP contribution in [0.5, 0.6) is 0 Å². The van der Waals surface area contributed by atoms with Gasteiger partial charge in [-0.25, -0.2) is 5.01 Å². The Hall–Kier alpha value is -2.13. The summed E-state index contributed by atoms with van der Waals surface area (Å²) in [5.41, 5.74) is 2.77. The predicted octanol–water partition coefficient (Wildman–Crippen LogP) is 4.47. The van der Waals surface area contributed by atoms with Gasteiger partial charge in [-0.1, -0.05) is 61.8 Å². The van der Waals surface area contributed by atoms with E-state index in [4.69, 9.17) is 11.6 Å². The summed E-state index contributed by atoms with van der Waals surface area (Å²) in [6, 6.07) is 18.3. The van der Waals surface area contributed by atoms with E-state index in [1.165, 1.54) is 0 Å². The van der Waals surface area contributed by atoms with E-state index in [-0.39, 0.29) is 17.9 Å². The minimum absolute atomic E-state index is 0.0147. The lowest BCUT2D eigenvalue weighted by molar-refractivity contribution is -0.136. The van der Waals surface area contributed by atoms with Gasteiger partial charge in [-0.3, -0.25) is 4.79 Å². The number of carbonyl (C=O) groups is 1. The zero-order valence-electron chi connectivity index (χ0n) is 13.2. The molecule has 1 unspecified atom stereocenters. The molecular weight excluding hydrogens is 308 g/mol. The van der Waals surface area contributed by atoms with Gasteiger partial charge < -0.3 is 0 Å². The Labute approximate surface area is 141 Å². The van der Waals surface area contributed by atoms with Crippen molar-refractivity contribution in [1.29, 1.82) is 0 Å². The first-order valence-electron chi connectivity index (χ1n) is 7.69. The summed E-state index contributed by atoms with van der Waals surface area (Å²) in [6.07, 6.45) is 0.653. The molecule has 1 atom stereocenters. The molecule has 1 amide bonds. The molecule has 0 saturated heterocycles. The zero-order chi connectivity index (χ0) is 16.4. The molecule has 1 aliphatic rings. The van der Waals surface area contributed by atoms with E-state index in [1.54, 1.807) is 5.01 Å². The second-order valence-electron chi connectivity index (χ2n) is 5.92. The topological polar surface area (TPSA) is 32.7 Å². The maximum absolute atomic E-state index is 12.6. The molecule has 0 saturated carbocycles. The highest BCUT2D eigenvalue weighted by Crippen LogP contribution is 2.35. The maximum Gasteiger partial charge on any atom is 0.245 e. The van der Waals surface area contributed by atoms with E-state index in [2.05, 4.69) is 11.2 Å². The van der Waals surface area contributed by atoms with Crippen LogP contribution in [-0.4, -0.2) is 16.6 Å². The van der Waals surface area contributed by atoms with Crippen LogP contribution >= 0.6 is 11.6 Å². The Morgan fingerprint density at radius 3 is 2.74 bits per heavy atom. The van der Waals surface area contributed by atoms with Crippen LogP contribution in [0.1, 0.15) is 37.4 Å². The molecule has 0 bridgehead atoms. The molecule has 2 aromatic carbocycles. The smallest absolute Gasteiger partial charge is 0.245 e. The Balaban J connectivity index is 2.00. The third kappa shape index (κ3) is 3.15. The monoisotopic (exact) mass is 325 g/mol. The fourth-order valence-corrected chi connectivity index (χ4v) is 2.96. The predicted molar refractivity (Wildman–Crippen MR) is 92.3 cm³/mol. The van der Waals surface area contributed by atoms with E-state index < -0.39 is 0 Å². The summed E-state index contributed by atoms with van der Waals surface area (Å²) in [6.45, 7) is 3.78. The second-order valence-corrected chi connectivity index (χ2v) is 6.33. The average molecular weight is 326 g/mol. The first-order chi connectivity index (χ1) is 11.1. The highest BCUT2D eigenvalue weighted by atomic mass is 35.5.